The van der Waals surface area contributed by atoms with Gasteiger partial charge in [-0.05, 0) is 25.0 Å². The molecule has 1 fully saturated rings. The molecule has 0 spiro atoms. The summed E-state index contributed by atoms with van der Waals surface area (Å²) in [6.07, 6.45) is 6.57. The van der Waals surface area contributed by atoms with Crippen molar-refractivity contribution >= 4 is 23.4 Å². The van der Waals surface area contributed by atoms with Gasteiger partial charge in [-0.15, -0.1) is 11.8 Å². The molecule has 0 radical (unpaired) electrons. The number of thioether (sulfide) groups is 1. The molecular weight excluding hydrogens is 248 g/mol. The third kappa shape index (κ3) is 1.99. The number of aromatic carboxylic acids is 1. The summed E-state index contributed by atoms with van der Waals surface area (Å²) in [4.78, 5) is 15.8. The van der Waals surface area contributed by atoms with E-state index in [2.05, 4.69) is 4.98 Å². The molecule has 1 aliphatic carbocycles. The van der Waals surface area contributed by atoms with E-state index in [-0.39, 0.29) is 0 Å². The van der Waals surface area contributed by atoms with Crippen molar-refractivity contribution in [3.63, 3.8) is 0 Å². The molecule has 1 N–H and O–H groups in total. The van der Waals surface area contributed by atoms with E-state index in [9.17, 15) is 9.90 Å². The fourth-order valence-corrected chi connectivity index (χ4v) is 3.74. The monoisotopic (exact) mass is 262 g/mol. The molecule has 1 saturated carbocycles. The minimum absolute atomic E-state index is 0.294. The van der Waals surface area contributed by atoms with Gasteiger partial charge in [-0.25, -0.2) is 9.78 Å². The van der Waals surface area contributed by atoms with Crippen LogP contribution in [0.2, 0.25) is 0 Å². The van der Waals surface area contributed by atoms with E-state index < -0.39 is 5.97 Å². The molecule has 0 unspecified atom stereocenters. The van der Waals surface area contributed by atoms with Gasteiger partial charge in [-0.2, -0.15) is 0 Å². The van der Waals surface area contributed by atoms with Crippen LogP contribution in [0.5, 0.6) is 0 Å². The molecule has 1 aliphatic rings. The maximum atomic E-state index is 11.4. The van der Waals surface area contributed by atoms with Crippen LogP contribution in [0.1, 0.15) is 36.2 Å². The van der Waals surface area contributed by atoms with Gasteiger partial charge in [-0.1, -0.05) is 18.9 Å². The Bertz CT molecular complexity index is 588. The first kappa shape index (κ1) is 11.6. The molecule has 3 rings (SSSR count). The SMILES string of the molecule is O=C(O)c1c(SC2CCCC2)nc2ccccn12. The Kier molecular flexibility index (Phi) is 2.99. The summed E-state index contributed by atoms with van der Waals surface area (Å²) in [6, 6.07) is 5.54. The van der Waals surface area contributed by atoms with Gasteiger partial charge in [0.05, 0.1) is 0 Å². The van der Waals surface area contributed by atoms with Crippen molar-refractivity contribution in [1.82, 2.24) is 9.38 Å². The highest BCUT2D eigenvalue weighted by Crippen LogP contribution is 2.36. The lowest BCUT2D eigenvalue weighted by atomic mass is 10.4. The number of imidazole rings is 1. The standard InChI is InChI=1S/C13H14N2O2S/c16-13(17)11-12(18-9-5-1-2-6-9)14-10-7-3-4-8-15(10)11/h3-4,7-9H,1-2,5-6H2,(H,16,17). The average Bonchev–Trinajstić information content (AvgIpc) is 2.95. The molecule has 0 aromatic carbocycles. The van der Waals surface area contributed by atoms with Crippen LogP contribution >= 0.6 is 11.8 Å². The van der Waals surface area contributed by atoms with Gasteiger partial charge < -0.3 is 5.11 Å². The van der Waals surface area contributed by atoms with E-state index in [1.54, 1.807) is 22.4 Å². The molecular formula is C13H14N2O2S. The maximum absolute atomic E-state index is 11.4. The molecule has 4 nitrogen and oxygen atoms in total. The Morgan fingerprint density at radius 2 is 2.17 bits per heavy atom. The third-order valence-corrected chi connectivity index (χ3v) is 4.59. The first-order valence-electron chi connectivity index (χ1n) is 6.13. The van der Waals surface area contributed by atoms with Crippen molar-refractivity contribution < 1.29 is 9.90 Å². The second-order valence-electron chi connectivity index (χ2n) is 4.52. The molecule has 2 aromatic rings. The van der Waals surface area contributed by atoms with Crippen molar-refractivity contribution in [2.45, 2.75) is 36.0 Å². The van der Waals surface area contributed by atoms with Gasteiger partial charge in [0, 0.05) is 11.4 Å². The highest BCUT2D eigenvalue weighted by Gasteiger charge is 2.23. The van der Waals surface area contributed by atoms with Gasteiger partial charge >= 0.3 is 5.97 Å². The second kappa shape index (κ2) is 4.65. The Labute approximate surface area is 109 Å². The quantitative estimate of drug-likeness (QED) is 0.923. The minimum atomic E-state index is -0.908. The molecule has 0 atom stereocenters. The average molecular weight is 262 g/mol. The van der Waals surface area contributed by atoms with E-state index in [1.807, 2.05) is 18.2 Å². The van der Waals surface area contributed by atoms with Gasteiger partial charge in [0.2, 0.25) is 0 Å². The van der Waals surface area contributed by atoms with Gasteiger partial charge in [0.25, 0.3) is 0 Å². The third-order valence-electron chi connectivity index (χ3n) is 3.28. The molecule has 94 valence electrons. The summed E-state index contributed by atoms with van der Waals surface area (Å²) in [5.74, 6) is -0.908. The zero-order chi connectivity index (χ0) is 12.5. The summed E-state index contributed by atoms with van der Waals surface area (Å²) in [5, 5.41) is 10.5. The van der Waals surface area contributed by atoms with E-state index in [0.29, 0.717) is 21.6 Å². The van der Waals surface area contributed by atoms with Crippen molar-refractivity contribution in [1.29, 1.82) is 0 Å². The number of aromatic nitrogens is 2. The zero-order valence-corrected chi connectivity index (χ0v) is 10.7. The van der Waals surface area contributed by atoms with E-state index >= 15 is 0 Å². The topological polar surface area (TPSA) is 54.6 Å². The van der Waals surface area contributed by atoms with Crippen molar-refractivity contribution in [3.8, 4) is 0 Å². The summed E-state index contributed by atoms with van der Waals surface area (Å²) in [5.41, 5.74) is 0.998. The fraction of sp³-hybridized carbons (Fsp3) is 0.385. The lowest BCUT2D eigenvalue weighted by Gasteiger charge is -2.06. The molecule has 0 saturated heterocycles. The molecule has 0 amide bonds. The van der Waals surface area contributed by atoms with Crippen molar-refractivity contribution in [2.24, 2.45) is 0 Å². The molecule has 2 aromatic heterocycles. The maximum Gasteiger partial charge on any atom is 0.355 e. The van der Waals surface area contributed by atoms with Crippen LogP contribution in [0.15, 0.2) is 29.4 Å². The predicted molar refractivity (Wildman–Crippen MR) is 70.3 cm³/mol. The molecule has 0 bridgehead atoms. The number of pyridine rings is 1. The van der Waals surface area contributed by atoms with E-state index in [1.165, 1.54) is 12.8 Å². The van der Waals surface area contributed by atoms with Crippen LogP contribution in [0.25, 0.3) is 5.65 Å². The first-order chi connectivity index (χ1) is 8.75. The lowest BCUT2D eigenvalue weighted by molar-refractivity contribution is 0.0685. The Balaban J connectivity index is 2.03. The summed E-state index contributed by atoms with van der Waals surface area (Å²) in [6.45, 7) is 0. The number of hydrogen-bond donors (Lipinski definition) is 1. The number of carbonyl (C=O) groups is 1. The van der Waals surface area contributed by atoms with Gasteiger partial charge in [-0.3, -0.25) is 4.40 Å². The number of carboxylic acids is 1. The Hall–Kier alpha value is -1.49. The molecule has 5 heteroatoms. The van der Waals surface area contributed by atoms with Crippen LogP contribution in [-0.4, -0.2) is 25.7 Å². The largest absolute Gasteiger partial charge is 0.476 e. The first-order valence-corrected chi connectivity index (χ1v) is 7.01. The normalized spacial score (nSPS) is 16.4. The fourth-order valence-electron chi connectivity index (χ4n) is 2.42. The van der Waals surface area contributed by atoms with Crippen molar-refractivity contribution in [3.05, 3.63) is 30.1 Å². The van der Waals surface area contributed by atoms with Crippen LogP contribution in [0, 0.1) is 0 Å². The summed E-state index contributed by atoms with van der Waals surface area (Å²) >= 11 is 1.62. The smallest absolute Gasteiger partial charge is 0.355 e. The highest BCUT2D eigenvalue weighted by molar-refractivity contribution is 7.99. The Morgan fingerprint density at radius 1 is 1.39 bits per heavy atom. The number of fused-ring (bicyclic) bond motifs is 1. The zero-order valence-electron chi connectivity index (χ0n) is 9.87. The molecule has 18 heavy (non-hydrogen) atoms. The lowest BCUT2D eigenvalue weighted by Crippen LogP contribution is -2.04. The molecule has 0 aliphatic heterocycles. The van der Waals surface area contributed by atoms with Crippen molar-refractivity contribution in [2.75, 3.05) is 0 Å². The van der Waals surface area contributed by atoms with Crippen LogP contribution in [0.4, 0.5) is 0 Å². The summed E-state index contributed by atoms with van der Waals surface area (Å²) < 4.78 is 1.65. The summed E-state index contributed by atoms with van der Waals surface area (Å²) in [7, 11) is 0. The number of nitrogens with zero attached hydrogens (tertiary/aromatic N) is 2. The Morgan fingerprint density at radius 3 is 2.89 bits per heavy atom. The van der Waals surface area contributed by atoms with Crippen LogP contribution in [0.3, 0.4) is 0 Å². The number of carboxylic acid groups (broad SMARTS) is 1. The minimum Gasteiger partial charge on any atom is -0.476 e. The van der Waals surface area contributed by atoms with Gasteiger partial charge in [0.1, 0.15) is 10.7 Å². The highest BCUT2D eigenvalue weighted by atomic mass is 32.2. The van der Waals surface area contributed by atoms with Crippen LogP contribution in [-0.2, 0) is 0 Å². The van der Waals surface area contributed by atoms with E-state index in [4.69, 9.17) is 0 Å². The number of hydrogen-bond acceptors (Lipinski definition) is 3. The van der Waals surface area contributed by atoms with Gasteiger partial charge in [0.15, 0.2) is 5.69 Å². The van der Waals surface area contributed by atoms with E-state index in [0.717, 1.165) is 12.8 Å². The van der Waals surface area contributed by atoms with Crippen LogP contribution < -0.4 is 0 Å². The predicted octanol–water partition coefficient (Wildman–Crippen LogP) is 3.07. The number of rotatable bonds is 3. The second-order valence-corrected chi connectivity index (χ2v) is 5.81. The molecule has 2 heterocycles.